The predicted molar refractivity (Wildman–Crippen MR) is 67.4 cm³/mol. The Morgan fingerprint density at radius 1 is 1.50 bits per heavy atom. The van der Waals surface area contributed by atoms with E-state index < -0.39 is 0 Å². The molecule has 1 aliphatic rings. The molecule has 0 amide bonds. The number of ether oxygens (including phenoxy) is 1. The third-order valence-electron chi connectivity index (χ3n) is 2.90. The van der Waals surface area contributed by atoms with Crippen LogP contribution in [0.5, 0.6) is 0 Å². The van der Waals surface area contributed by atoms with Crippen molar-refractivity contribution in [1.29, 1.82) is 0 Å². The summed E-state index contributed by atoms with van der Waals surface area (Å²) in [7, 11) is 0. The molecule has 0 aromatic carbocycles. The van der Waals surface area contributed by atoms with Gasteiger partial charge in [0.25, 0.3) is 0 Å². The molecule has 6 heteroatoms. The van der Waals surface area contributed by atoms with Crippen LogP contribution in [-0.2, 0) is 17.9 Å². The average molecular weight is 312 g/mol. The molecule has 4 nitrogen and oxygen atoms in total. The lowest BCUT2D eigenvalue weighted by Crippen LogP contribution is -2.25. The fraction of sp³-hybridized carbons (Fsp3) is 0.333. The minimum atomic E-state index is -0.351. The zero-order valence-corrected chi connectivity index (χ0v) is 11.3. The molecule has 0 fully saturated rings. The molecule has 1 atom stereocenters. The Morgan fingerprint density at radius 2 is 2.33 bits per heavy atom. The van der Waals surface area contributed by atoms with Crippen LogP contribution in [0.25, 0.3) is 11.4 Å². The van der Waals surface area contributed by atoms with Gasteiger partial charge in [0, 0.05) is 0 Å². The lowest BCUT2D eigenvalue weighted by atomic mass is 10.2. The first-order valence-corrected chi connectivity index (χ1v) is 6.43. The summed E-state index contributed by atoms with van der Waals surface area (Å²) in [6.45, 7) is 3.25. The number of rotatable bonds is 1. The van der Waals surface area contributed by atoms with Crippen molar-refractivity contribution in [1.82, 2.24) is 14.8 Å². The number of hydrogen-bond donors (Lipinski definition) is 0. The van der Waals surface area contributed by atoms with Crippen LogP contribution in [0.4, 0.5) is 4.39 Å². The number of fused-ring (bicyclic) bond motifs is 1. The van der Waals surface area contributed by atoms with Gasteiger partial charge >= 0.3 is 0 Å². The summed E-state index contributed by atoms with van der Waals surface area (Å²) in [5.74, 6) is -0.351. The van der Waals surface area contributed by atoms with Crippen LogP contribution >= 0.6 is 15.9 Å². The lowest BCUT2D eigenvalue weighted by molar-refractivity contribution is 0.0120. The summed E-state index contributed by atoms with van der Waals surface area (Å²) in [6.07, 6.45) is 1.34. The third-order valence-corrected chi connectivity index (χ3v) is 3.73. The summed E-state index contributed by atoms with van der Waals surface area (Å²) >= 11 is 3.52. The number of hydrogen-bond acceptors (Lipinski definition) is 3. The Balaban J connectivity index is 2.06. The standard InChI is InChI=1S/C12H11BrFN3O/c1-7-5-17-10(6-18-7)11(13)12(16-17)9-3-2-8(14)4-15-9/h2-4,7H,5-6H2,1H3/t7-/m0/s1. The van der Waals surface area contributed by atoms with E-state index in [1.807, 2.05) is 11.6 Å². The van der Waals surface area contributed by atoms with Crippen molar-refractivity contribution >= 4 is 15.9 Å². The summed E-state index contributed by atoms with van der Waals surface area (Å²) < 4.78 is 21.2. The van der Waals surface area contributed by atoms with Crippen molar-refractivity contribution in [2.75, 3.05) is 0 Å². The van der Waals surface area contributed by atoms with Gasteiger partial charge in [-0.25, -0.2) is 4.39 Å². The monoisotopic (exact) mass is 311 g/mol. The van der Waals surface area contributed by atoms with Gasteiger partial charge in [0.2, 0.25) is 0 Å². The lowest BCUT2D eigenvalue weighted by Gasteiger charge is -2.20. The van der Waals surface area contributed by atoms with Crippen LogP contribution in [0.1, 0.15) is 12.6 Å². The van der Waals surface area contributed by atoms with Gasteiger partial charge in [0.05, 0.1) is 41.3 Å². The summed E-state index contributed by atoms with van der Waals surface area (Å²) in [4.78, 5) is 4.05. The highest BCUT2D eigenvalue weighted by molar-refractivity contribution is 9.10. The molecule has 0 saturated heterocycles. The van der Waals surface area contributed by atoms with E-state index in [4.69, 9.17) is 4.74 Å². The molecule has 18 heavy (non-hydrogen) atoms. The Morgan fingerprint density at radius 3 is 3.06 bits per heavy atom. The molecule has 2 aromatic heterocycles. The van der Waals surface area contributed by atoms with E-state index in [0.717, 1.165) is 22.4 Å². The molecule has 0 bridgehead atoms. The largest absolute Gasteiger partial charge is 0.370 e. The average Bonchev–Trinajstić information content (AvgIpc) is 2.67. The van der Waals surface area contributed by atoms with E-state index in [2.05, 4.69) is 26.0 Å². The SMILES string of the molecule is C[C@H]1Cn2nc(-c3ccc(F)cn3)c(Br)c2CO1. The molecule has 3 heterocycles. The van der Waals surface area contributed by atoms with Gasteiger partial charge in [-0.3, -0.25) is 9.67 Å². The van der Waals surface area contributed by atoms with Crippen LogP contribution in [0.2, 0.25) is 0 Å². The van der Waals surface area contributed by atoms with E-state index in [1.165, 1.54) is 12.3 Å². The van der Waals surface area contributed by atoms with Crippen LogP contribution in [-0.4, -0.2) is 20.9 Å². The Hall–Kier alpha value is -1.27. The molecule has 3 rings (SSSR count). The molecule has 2 aromatic rings. The highest BCUT2D eigenvalue weighted by atomic mass is 79.9. The van der Waals surface area contributed by atoms with Gasteiger partial charge in [-0.05, 0) is 35.0 Å². The van der Waals surface area contributed by atoms with Crippen molar-refractivity contribution in [3.8, 4) is 11.4 Å². The summed E-state index contributed by atoms with van der Waals surface area (Å²) in [5, 5.41) is 4.51. The maximum absolute atomic E-state index is 12.9. The first-order chi connectivity index (χ1) is 8.65. The van der Waals surface area contributed by atoms with Crippen molar-refractivity contribution in [2.45, 2.75) is 26.2 Å². The fourth-order valence-corrected chi connectivity index (χ4v) is 2.56. The Bertz CT molecular complexity index is 582. The molecule has 0 N–H and O–H groups in total. The maximum Gasteiger partial charge on any atom is 0.141 e. The first kappa shape index (κ1) is 11.8. The molecule has 0 saturated carbocycles. The van der Waals surface area contributed by atoms with Gasteiger partial charge in [0.15, 0.2) is 0 Å². The molecule has 0 spiro atoms. The molecule has 1 aliphatic heterocycles. The van der Waals surface area contributed by atoms with E-state index in [9.17, 15) is 4.39 Å². The van der Waals surface area contributed by atoms with E-state index >= 15 is 0 Å². The van der Waals surface area contributed by atoms with Crippen molar-refractivity contribution < 1.29 is 9.13 Å². The second kappa shape index (κ2) is 4.44. The van der Waals surface area contributed by atoms with Gasteiger partial charge in [-0.2, -0.15) is 5.10 Å². The first-order valence-electron chi connectivity index (χ1n) is 5.64. The molecule has 0 aliphatic carbocycles. The van der Waals surface area contributed by atoms with Crippen LogP contribution < -0.4 is 0 Å². The second-order valence-corrected chi connectivity index (χ2v) is 5.07. The number of halogens is 2. The molecule has 94 valence electrons. The normalized spacial score (nSPS) is 18.7. The quantitative estimate of drug-likeness (QED) is 0.813. The zero-order chi connectivity index (χ0) is 12.7. The van der Waals surface area contributed by atoms with Crippen LogP contribution in [0.3, 0.4) is 0 Å². The topological polar surface area (TPSA) is 39.9 Å². The molecule has 0 unspecified atom stereocenters. The zero-order valence-electron chi connectivity index (χ0n) is 9.73. The summed E-state index contributed by atoms with van der Waals surface area (Å²) in [6, 6.07) is 3.00. The molecular formula is C12H11BrFN3O. The van der Waals surface area contributed by atoms with Crippen LogP contribution in [0, 0.1) is 5.82 Å². The fourth-order valence-electron chi connectivity index (χ4n) is 1.96. The minimum Gasteiger partial charge on any atom is -0.370 e. The van der Waals surface area contributed by atoms with Gasteiger partial charge in [0.1, 0.15) is 11.5 Å². The minimum absolute atomic E-state index is 0.151. The smallest absolute Gasteiger partial charge is 0.141 e. The highest BCUT2D eigenvalue weighted by Crippen LogP contribution is 2.31. The molecular weight excluding hydrogens is 301 g/mol. The molecule has 0 radical (unpaired) electrons. The van der Waals surface area contributed by atoms with Crippen molar-refractivity contribution in [2.24, 2.45) is 0 Å². The number of nitrogens with zero attached hydrogens (tertiary/aromatic N) is 3. The van der Waals surface area contributed by atoms with E-state index in [-0.39, 0.29) is 11.9 Å². The highest BCUT2D eigenvalue weighted by Gasteiger charge is 2.23. The maximum atomic E-state index is 12.9. The Labute approximate surface area is 112 Å². The number of pyridine rings is 1. The van der Waals surface area contributed by atoms with Gasteiger partial charge < -0.3 is 4.74 Å². The Kier molecular flexibility index (Phi) is 2.91. The summed E-state index contributed by atoms with van der Waals surface area (Å²) in [5.41, 5.74) is 2.37. The third kappa shape index (κ3) is 1.95. The van der Waals surface area contributed by atoms with Gasteiger partial charge in [-0.15, -0.1) is 0 Å². The van der Waals surface area contributed by atoms with Crippen molar-refractivity contribution in [3.63, 3.8) is 0 Å². The van der Waals surface area contributed by atoms with Gasteiger partial charge in [-0.1, -0.05) is 0 Å². The predicted octanol–water partition coefficient (Wildman–Crippen LogP) is 2.77. The van der Waals surface area contributed by atoms with E-state index in [0.29, 0.717) is 12.3 Å². The van der Waals surface area contributed by atoms with Crippen molar-refractivity contribution in [3.05, 3.63) is 34.3 Å². The second-order valence-electron chi connectivity index (χ2n) is 4.27. The number of aromatic nitrogens is 3. The van der Waals surface area contributed by atoms with E-state index in [1.54, 1.807) is 6.07 Å². The van der Waals surface area contributed by atoms with Crippen LogP contribution in [0.15, 0.2) is 22.8 Å².